The Morgan fingerprint density at radius 1 is 1.17 bits per heavy atom. The van der Waals surface area contributed by atoms with Crippen LogP contribution in [0.5, 0.6) is 0 Å². The van der Waals surface area contributed by atoms with E-state index in [1.54, 1.807) is 0 Å². The maximum Gasteiger partial charge on any atom is 0.257 e. The van der Waals surface area contributed by atoms with Crippen LogP contribution in [0.15, 0.2) is 18.2 Å². The summed E-state index contributed by atoms with van der Waals surface area (Å²) in [7, 11) is 0. The minimum atomic E-state index is -0.403. The molecule has 7 nitrogen and oxygen atoms in total. The molecule has 3 N–H and O–H groups in total. The highest BCUT2D eigenvalue weighted by Crippen LogP contribution is 2.15. The highest BCUT2D eigenvalue weighted by atomic mass is 16.2. The number of benzene rings is 1. The van der Waals surface area contributed by atoms with Crippen LogP contribution in [0.25, 0.3) is 0 Å². The molecule has 1 aliphatic heterocycles. The summed E-state index contributed by atoms with van der Waals surface area (Å²) in [6.07, 6.45) is 1.26. The zero-order valence-corrected chi connectivity index (χ0v) is 13.4. The molecule has 7 heteroatoms. The van der Waals surface area contributed by atoms with Crippen LogP contribution in [0.4, 0.5) is 5.69 Å². The van der Waals surface area contributed by atoms with Crippen LogP contribution in [0.3, 0.4) is 0 Å². The maximum absolute atomic E-state index is 11.7. The first-order chi connectivity index (χ1) is 11.0. The van der Waals surface area contributed by atoms with E-state index >= 15 is 0 Å². The highest BCUT2D eigenvalue weighted by Gasteiger charge is 2.22. The van der Waals surface area contributed by atoms with Crippen molar-refractivity contribution in [3.63, 3.8) is 0 Å². The zero-order valence-electron chi connectivity index (χ0n) is 13.4. The van der Waals surface area contributed by atoms with Crippen LogP contribution >= 0.6 is 0 Å². The maximum atomic E-state index is 11.7. The lowest BCUT2D eigenvalue weighted by molar-refractivity contribution is -0.134. The van der Waals surface area contributed by atoms with Gasteiger partial charge in [-0.15, -0.1) is 0 Å². The van der Waals surface area contributed by atoms with E-state index < -0.39 is 5.91 Å². The smallest absolute Gasteiger partial charge is 0.257 e. The van der Waals surface area contributed by atoms with E-state index in [0.29, 0.717) is 13.0 Å². The van der Waals surface area contributed by atoms with E-state index in [1.165, 1.54) is 4.90 Å². The molecule has 0 bridgehead atoms. The number of carbonyl (C=O) groups excluding carboxylic acids is 3. The molecule has 3 amide bonds. The average Bonchev–Trinajstić information content (AvgIpc) is 2.89. The molecule has 0 aliphatic carbocycles. The van der Waals surface area contributed by atoms with Crippen molar-refractivity contribution in [3.8, 4) is 0 Å². The first-order valence-corrected chi connectivity index (χ1v) is 7.62. The number of nitrogens with zero attached hydrogens (tertiary/aromatic N) is 1. The number of likely N-dealkylation sites (tertiary alicyclic amines) is 1. The molecule has 0 unspecified atom stereocenters. The molecule has 1 aromatic carbocycles. The molecule has 124 valence electrons. The number of hydrogen-bond donors (Lipinski definition) is 3. The molecule has 1 fully saturated rings. The van der Waals surface area contributed by atoms with Gasteiger partial charge in [0.05, 0.1) is 6.54 Å². The van der Waals surface area contributed by atoms with Crippen LogP contribution in [0.2, 0.25) is 0 Å². The molecule has 23 heavy (non-hydrogen) atoms. The van der Waals surface area contributed by atoms with Crippen molar-refractivity contribution in [3.05, 3.63) is 29.3 Å². The molecule has 2 rings (SSSR count). The van der Waals surface area contributed by atoms with Gasteiger partial charge in [0.15, 0.2) is 0 Å². The van der Waals surface area contributed by atoms with Gasteiger partial charge < -0.3 is 10.2 Å². The molecular weight excluding hydrogens is 296 g/mol. The Kier molecular flexibility index (Phi) is 5.56. The van der Waals surface area contributed by atoms with Crippen LogP contribution in [0.1, 0.15) is 24.0 Å². The fraction of sp³-hybridized carbons (Fsp3) is 0.438. The van der Waals surface area contributed by atoms with E-state index in [2.05, 4.69) is 16.2 Å². The minimum Gasteiger partial charge on any atom is -0.376 e. The SMILES string of the molecule is Cc1ccc(NCC(=O)NNC(=O)CN2CCCC2=O)c(C)c1. The van der Waals surface area contributed by atoms with Gasteiger partial charge >= 0.3 is 0 Å². The standard InChI is InChI=1S/C16H22N4O3/c1-11-5-6-13(12(2)8-11)17-9-14(21)18-19-15(22)10-20-7-3-4-16(20)23/h5-6,8,17H,3-4,7,9-10H2,1-2H3,(H,18,21)(H,19,22). The third kappa shape index (κ3) is 4.98. The second-order valence-corrected chi connectivity index (χ2v) is 5.69. The molecule has 1 aromatic rings. The summed E-state index contributed by atoms with van der Waals surface area (Å²) >= 11 is 0. The molecule has 0 radical (unpaired) electrons. The summed E-state index contributed by atoms with van der Waals surface area (Å²) in [5, 5.41) is 3.02. The van der Waals surface area contributed by atoms with Crippen LogP contribution in [-0.4, -0.2) is 42.3 Å². The fourth-order valence-corrected chi connectivity index (χ4v) is 2.46. The minimum absolute atomic E-state index is 0.0242. The van der Waals surface area contributed by atoms with Crippen molar-refractivity contribution < 1.29 is 14.4 Å². The summed E-state index contributed by atoms with van der Waals surface area (Å²) in [6.45, 7) is 4.58. The van der Waals surface area contributed by atoms with E-state index in [0.717, 1.165) is 23.2 Å². The normalized spacial score (nSPS) is 13.8. The number of rotatable bonds is 5. The molecule has 0 spiro atoms. The van der Waals surface area contributed by atoms with Gasteiger partial charge in [0.1, 0.15) is 6.54 Å². The van der Waals surface area contributed by atoms with Crippen LogP contribution < -0.4 is 16.2 Å². The van der Waals surface area contributed by atoms with Crippen LogP contribution in [0, 0.1) is 13.8 Å². The Labute approximate surface area is 135 Å². The Morgan fingerprint density at radius 3 is 2.57 bits per heavy atom. The van der Waals surface area contributed by atoms with Crippen molar-refractivity contribution in [1.82, 2.24) is 15.8 Å². The number of amides is 3. The summed E-state index contributed by atoms with van der Waals surface area (Å²) in [4.78, 5) is 36.3. The molecule has 1 saturated heterocycles. The first kappa shape index (κ1) is 16.8. The molecule has 0 aromatic heterocycles. The number of nitrogens with one attached hydrogen (secondary N) is 3. The Hall–Kier alpha value is -2.57. The number of anilines is 1. The highest BCUT2D eigenvalue weighted by molar-refractivity contribution is 5.88. The largest absolute Gasteiger partial charge is 0.376 e. The average molecular weight is 318 g/mol. The summed E-state index contributed by atoms with van der Waals surface area (Å²) < 4.78 is 0. The topological polar surface area (TPSA) is 90.5 Å². The molecule has 1 heterocycles. The van der Waals surface area contributed by atoms with Gasteiger partial charge in [0.25, 0.3) is 11.8 Å². The van der Waals surface area contributed by atoms with E-state index in [-0.39, 0.29) is 24.9 Å². The third-order valence-corrected chi connectivity index (χ3v) is 3.67. The molecule has 0 saturated carbocycles. The second-order valence-electron chi connectivity index (χ2n) is 5.69. The number of hydrazine groups is 1. The molecular formula is C16H22N4O3. The zero-order chi connectivity index (χ0) is 16.8. The van der Waals surface area contributed by atoms with E-state index in [1.807, 2.05) is 32.0 Å². The first-order valence-electron chi connectivity index (χ1n) is 7.62. The van der Waals surface area contributed by atoms with Crippen molar-refractivity contribution >= 4 is 23.4 Å². The number of aryl methyl sites for hydroxylation is 2. The number of hydrogen-bond acceptors (Lipinski definition) is 4. The second kappa shape index (κ2) is 7.62. The Balaban J connectivity index is 1.70. The monoisotopic (exact) mass is 318 g/mol. The van der Waals surface area contributed by atoms with Crippen LogP contribution in [-0.2, 0) is 14.4 Å². The van der Waals surface area contributed by atoms with Gasteiger partial charge in [-0.05, 0) is 31.9 Å². The lowest BCUT2D eigenvalue weighted by Gasteiger charge is -2.15. The molecule has 0 atom stereocenters. The van der Waals surface area contributed by atoms with Crippen molar-refractivity contribution in [2.45, 2.75) is 26.7 Å². The predicted octanol–water partition coefficient (Wildman–Crippen LogP) is 0.485. The van der Waals surface area contributed by atoms with Gasteiger partial charge in [-0.25, -0.2) is 0 Å². The Bertz CT molecular complexity index is 615. The summed E-state index contributed by atoms with van der Waals surface area (Å²) in [5.74, 6) is -0.783. The quantitative estimate of drug-likeness (QED) is 0.689. The fourth-order valence-electron chi connectivity index (χ4n) is 2.46. The summed E-state index contributed by atoms with van der Waals surface area (Å²) in [5.41, 5.74) is 7.73. The van der Waals surface area contributed by atoms with Gasteiger partial charge in [-0.3, -0.25) is 25.2 Å². The van der Waals surface area contributed by atoms with E-state index in [4.69, 9.17) is 0 Å². The lowest BCUT2D eigenvalue weighted by atomic mass is 10.1. The molecule has 1 aliphatic rings. The van der Waals surface area contributed by atoms with Crippen molar-refractivity contribution in [1.29, 1.82) is 0 Å². The van der Waals surface area contributed by atoms with Gasteiger partial charge in [0, 0.05) is 18.7 Å². The van der Waals surface area contributed by atoms with Crippen molar-refractivity contribution in [2.75, 3.05) is 25.0 Å². The predicted molar refractivity (Wildman–Crippen MR) is 86.5 cm³/mol. The van der Waals surface area contributed by atoms with Gasteiger partial charge in [-0.2, -0.15) is 0 Å². The van der Waals surface area contributed by atoms with Gasteiger partial charge in [-0.1, -0.05) is 17.7 Å². The van der Waals surface area contributed by atoms with E-state index in [9.17, 15) is 14.4 Å². The third-order valence-electron chi connectivity index (χ3n) is 3.67. The summed E-state index contributed by atoms with van der Waals surface area (Å²) in [6, 6.07) is 5.90. The number of carbonyl (C=O) groups is 3. The van der Waals surface area contributed by atoms with Crippen molar-refractivity contribution in [2.24, 2.45) is 0 Å². The lowest BCUT2D eigenvalue weighted by Crippen LogP contribution is -2.48. The Morgan fingerprint density at radius 2 is 1.91 bits per heavy atom. The van der Waals surface area contributed by atoms with Gasteiger partial charge in [0.2, 0.25) is 5.91 Å².